The van der Waals surface area contributed by atoms with Crippen LogP contribution in [0.1, 0.15) is 106 Å². The molecule has 0 saturated carbocycles. The lowest BCUT2D eigenvalue weighted by Crippen LogP contribution is -2.37. The van der Waals surface area contributed by atoms with E-state index in [1.54, 1.807) is 0 Å². The molecule has 6 nitrogen and oxygen atoms in total. The van der Waals surface area contributed by atoms with Crippen molar-refractivity contribution in [2.75, 3.05) is 6.79 Å². The molecule has 2 aliphatic carbocycles. The predicted octanol–water partition coefficient (Wildman–Crippen LogP) is 10.7. The zero-order valence-corrected chi connectivity index (χ0v) is 31.1. The highest BCUT2D eigenvalue weighted by molar-refractivity contribution is 6.28. The van der Waals surface area contributed by atoms with Gasteiger partial charge in [0, 0.05) is 15.5 Å². The maximum Gasteiger partial charge on any atom is 0.269 e. The average Bonchev–Trinajstić information content (AvgIpc) is 3.63. The molecule has 3 aliphatic heterocycles. The first kappa shape index (κ1) is 33.2. The molecular weight excluding hydrogens is 608 g/mol. The van der Waals surface area contributed by atoms with Crippen LogP contribution < -0.4 is 9.47 Å². The minimum absolute atomic E-state index is 0.0735. The van der Waals surface area contributed by atoms with Crippen molar-refractivity contribution in [1.82, 2.24) is 0 Å². The topological polar surface area (TPSA) is 64.9 Å². The Morgan fingerprint density at radius 1 is 0.592 bits per heavy atom. The number of nitrogens with zero attached hydrogens (tertiary/aromatic N) is 2. The van der Waals surface area contributed by atoms with Gasteiger partial charge in [-0.05, 0) is 85.6 Å². The number of hydrogen-bond acceptors (Lipinski definition) is 4. The van der Waals surface area contributed by atoms with Crippen molar-refractivity contribution in [1.29, 1.82) is 0 Å². The number of allylic oxidation sites excluding steroid dienone is 4. The third kappa shape index (κ3) is 5.57. The van der Waals surface area contributed by atoms with Gasteiger partial charge in [-0.2, -0.15) is 0 Å². The molecule has 6 heteroatoms. The SMILES string of the molecule is CC1(C)C=C2C(=[N+](O)c3cc(-c4ccc(C(C)(C)C)cc4)ccc32)C(C)(C)C1.CC1(C)C=C2C(=[N+](O)c3cc4c(cc32)OCO4)C(C)(C)C1. The molecule has 0 radical (unpaired) electrons. The molecular formula is C43H52N2O4+2. The van der Waals surface area contributed by atoms with Crippen LogP contribution in [-0.4, -0.2) is 38.1 Å². The van der Waals surface area contributed by atoms with E-state index in [-0.39, 0.29) is 33.9 Å². The molecule has 3 heterocycles. The molecule has 0 amide bonds. The van der Waals surface area contributed by atoms with Gasteiger partial charge in [0.05, 0.1) is 39.2 Å². The van der Waals surface area contributed by atoms with Crippen LogP contribution in [-0.2, 0) is 5.41 Å². The summed E-state index contributed by atoms with van der Waals surface area (Å²) in [6.45, 7) is 24.8. The molecule has 0 unspecified atom stereocenters. The lowest BCUT2D eigenvalue weighted by molar-refractivity contribution is -0.712. The van der Waals surface area contributed by atoms with Crippen molar-refractivity contribution in [2.45, 2.75) is 94.4 Å². The Labute approximate surface area is 291 Å². The highest BCUT2D eigenvalue weighted by Gasteiger charge is 2.52. The third-order valence-electron chi connectivity index (χ3n) is 10.7. The first-order chi connectivity index (χ1) is 22.7. The van der Waals surface area contributed by atoms with Crippen LogP contribution in [0.4, 0.5) is 11.4 Å². The van der Waals surface area contributed by atoms with E-state index < -0.39 is 0 Å². The molecule has 0 spiro atoms. The van der Waals surface area contributed by atoms with Crippen molar-refractivity contribution >= 4 is 33.9 Å². The van der Waals surface area contributed by atoms with Crippen LogP contribution in [0.15, 0.2) is 66.7 Å². The second-order valence-corrected chi connectivity index (χ2v) is 18.3. The molecule has 0 atom stereocenters. The van der Waals surface area contributed by atoms with E-state index in [1.165, 1.54) is 26.2 Å². The van der Waals surface area contributed by atoms with Gasteiger partial charge in [0.25, 0.3) is 11.4 Å². The highest BCUT2D eigenvalue weighted by Crippen LogP contribution is 2.53. The molecule has 2 N–H and O–H groups in total. The molecule has 0 bridgehead atoms. The van der Waals surface area contributed by atoms with E-state index in [4.69, 9.17) is 9.47 Å². The maximum absolute atomic E-state index is 11.1. The lowest BCUT2D eigenvalue weighted by atomic mass is 9.65. The number of hydrogen-bond donors (Lipinski definition) is 2. The fourth-order valence-electron chi connectivity index (χ4n) is 9.25. The van der Waals surface area contributed by atoms with Gasteiger partial charge in [-0.25, -0.2) is 0 Å². The van der Waals surface area contributed by atoms with Gasteiger partial charge in [0.15, 0.2) is 11.5 Å². The predicted molar refractivity (Wildman–Crippen MR) is 197 cm³/mol. The van der Waals surface area contributed by atoms with E-state index in [2.05, 4.69) is 131 Å². The Hall–Kier alpha value is -4.32. The summed E-state index contributed by atoms with van der Waals surface area (Å²) >= 11 is 0. The molecule has 3 aromatic carbocycles. The highest BCUT2D eigenvalue weighted by atomic mass is 16.7. The Balaban J connectivity index is 0.000000160. The summed E-state index contributed by atoms with van der Waals surface area (Å²) < 4.78 is 13.7. The second-order valence-electron chi connectivity index (χ2n) is 18.3. The zero-order valence-electron chi connectivity index (χ0n) is 31.1. The number of ether oxygens (including phenoxy) is 2. The van der Waals surface area contributed by atoms with Crippen LogP contribution in [0.25, 0.3) is 22.3 Å². The molecule has 8 rings (SSSR count). The normalized spacial score (nSPS) is 21.5. The summed E-state index contributed by atoms with van der Waals surface area (Å²) in [5.74, 6) is 1.45. The minimum atomic E-state index is -0.0898. The monoisotopic (exact) mass is 660 g/mol. The summed E-state index contributed by atoms with van der Waals surface area (Å²) in [5.41, 5.74) is 12.0. The lowest BCUT2D eigenvalue weighted by Gasteiger charge is -2.35. The van der Waals surface area contributed by atoms with Crippen molar-refractivity contribution in [3.8, 4) is 22.6 Å². The Morgan fingerprint density at radius 3 is 1.59 bits per heavy atom. The molecule has 49 heavy (non-hydrogen) atoms. The van der Waals surface area contributed by atoms with Gasteiger partial charge in [0.2, 0.25) is 18.2 Å². The number of fused-ring (bicyclic) bond motifs is 7. The molecule has 256 valence electrons. The summed E-state index contributed by atoms with van der Waals surface area (Å²) in [5, 5.41) is 21.7. The fraction of sp³-hybridized carbons (Fsp3) is 0.442. The summed E-state index contributed by atoms with van der Waals surface area (Å²) in [6.07, 6.45) is 6.62. The van der Waals surface area contributed by atoms with E-state index in [0.29, 0.717) is 5.75 Å². The van der Waals surface area contributed by atoms with Crippen LogP contribution in [0.2, 0.25) is 0 Å². The molecule has 3 aromatic rings. The van der Waals surface area contributed by atoms with Gasteiger partial charge in [-0.3, -0.25) is 10.4 Å². The third-order valence-corrected chi connectivity index (χ3v) is 10.7. The Bertz CT molecular complexity index is 2030. The Morgan fingerprint density at radius 2 is 1.06 bits per heavy atom. The smallest absolute Gasteiger partial charge is 0.269 e. The standard InChI is InChI=1S/C26H32NO.C17H20NO3/c1-24(2,3)19-11-8-17(9-12-19)18-10-13-20-21-15-25(4,5)16-26(6,7)23(21)27(28)22(20)14-18;1-16(2)7-11-10-5-13-14(21-9-20-13)6-12(10)18(19)15(11)17(3,4)8-16/h8-15,28H,16H2,1-7H3;5-7,19H,8-9H2,1-4H3/q2*+1. The van der Waals surface area contributed by atoms with Gasteiger partial charge >= 0.3 is 0 Å². The van der Waals surface area contributed by atoms with Crippen LogP contribution >= 0.6 is 0 Å². The first-order valence-electron chi connectivity index (χ1n) is 17.6. The molecule has 0 fully saturated rings. The van der Waals surface area contributed by atoms with Crippen molar-refractivity contribution in [3.05, 3.63) is 83.4 Å². The van der Waals surface area contributed by atoms with Gasteiger partial charge in [-0.1, -0.05) is 91.0 Å². The molecule has 5 aliphatic rings. The number of rotatable bonds is 1. The zero-order chi connectivity index (χ0) is 35.5. The molecule has 0 saturated heterocycles. The number of benzene rings is 3. The second kappa shape index (κ2) is 10.6. The van der Waals surface area contributed by atoms with E-state index in [9.17, 15) is 10.4 Å². The van der Waals surface area contributed by atoms with Gasteiger partial charge in [-0.15, -0.1) is 0 Å². The summed E-state index contributed by atoms with van der Waals surface area (Å²) in [6, 6.07) is 19.1. The first-order valence-corrected chi connectivity index (χ1v) is 17.6. The average molecular weight is 661 g/mol. The quantitative estimate of drug-likeness (QED) is 0.201. The van der Waals surface area contributed by atoms with Gasteiger partial charge < -0.3 is 9.47 Å². The van der Waals surface area contributed by atoms with E-state index in [0.717, 1.165) is 63.7 Å². The minimum Gasteiger partial charge on any atom is -0.454 e. The van der Waals surface area contributed by atoms with E-state index >= 15 is 0 Å². The summed E-state index contributed by atoms with van der Waals surface area (Å²) in [4.78, 5) is 0. The van der Waals surface area contributed by atoms with Gasteiger partial charge in [0.1, 0.15) is 0 Å². The van der Waals surface area contributed by atoms with Crippen LogP contribution in [0.5, 0.6) is 11.5 Å². The van der Waals surface area contributed by atoms with Crippen LogP contribution in [0.3, 0.4) is 0 Å². The van der Waals surface area contributed by atoms with Crippen molar-refractivity contribution in [3.63, 3.8) is 0 Å². The van der Waals surface area contributed by atoms with Crippen molar-refractivity contribution in [2.24, 2.45) is 21.7 Å². The van der Waals surface area contributed by atoms with E-state index in [1.807, 2.05) is 12.1 Å². The Kier molecular flexibility index (Phi) is 7.17. The van der Waals surface area contributed by atoms with Crippen LogP contribution in [0, 0.1) is 21.7 Å². The molecule has 0 aromatic heterocycles. The maximum atomic E-state index is 11.1. The largest absolute Gasteiger partial charge is 0.454 e. The fourth-order valence-corrected chi connectivity index (χ4v) is 9.25. The van der Waals surface area contributed by atoms with Crippen molar-refractivity contribution < 1.29 is 29.4 Å². The summed E-state index contributed by atoms with van der Waals surface area (Å²) in [7, 11) is 0.